The van der Waals surface area contributed by atoms with Gasteiger partial charge in [-0.25, -0.2) is 4.98 Å². The highest BCUT2D eigenvalue weighted by Gasteiger charge is 2.17. The standard InChI is InChI=1S/C44H36N2/c1-2-3-12-30-25-26-45-42(27-30)41-20-11-19-40(46-41)33-23-21-31-22-24-34(29-35(31)28-33)44-38-17-9-7-15-36(38)43(32-13-5-4-6-14-32)37-16-8-10-18-39(37)44/h4-11,13-24,27-29H,2-3,12,25-26H2,1H3. The van der Waals surface area contributed by atoms with Gasteiger partial charge >= 0.3 is 0 Å². The molecule has 222 valence electrons. The van der Waals surface area contributed by atoms with Crippen LogP contribution in [0.2, 0.25) is 0 Å². The zero-order valence-corrected chi connectivity index (χ0v) is 26.2. The zero-order valence-electron chi connectivity index (χ0n) is 26.2. The van der Waals surface area contributed by atoms with E-state index in [1.165, 1.54) is 73.0 Å². The lowest BCUT2D eigenvalue weighted by Gasteiger charge is -2.18. The topological polar surface area (TPSA) is 25.2 Å². The molecule has 0 saturated carbocycles. The van der Waals surface area contributed by atoms with Crippen LogP contribution < -0.4 is 0 Å². The van der Waals surface area contributed by atoms with Crippen molar-refractivity contribution in [2.75, 3.05) is 6.54 Å². The quantitative estimate of drug-likeness (QED) is 0.169. The average Bonchev–Trinajstić information content (AvgIpc) is 3.13. The molecule has 0 spiro atoms. The summed E-state index contributed by atoms with van der Waals surface area (Å²) in [5.74, 6) is 0. The van der Waals surface area contributed by atoms with Crippen LogP contribution in [0.5, 0.6) is 0 Å². The van der Waals surface area contributed by atoms with E-state index in [1.54, 1.807) is 0 Å². The van der Waals surface area contributed by atoms with Crippen LogP contribution >= 0.6 is 0 Å². The molecule has 1 aliphatic rings. The molecule has 2 heterocycles. The highest BCUT2D eigenvalue weighted by atomic mass is 14.8. The maximum atomic E-state index is 5.11. The Balaban J connectivity index is 1.24. The molecule has 1 aliphatic heterocycles. The number of allylic oxidation sites excluding steroid dienone is 1. The van der Waals surface area contributed by atoms with Crippen LogP contribution in [0.3, 0.4) is 0 Å². The first-order chi connectivity index (χ1) is 22.8. The Morgan fingerprint density at radius 1 is 0.543 bits per heavy atom. The fourth-order valence-corrected chi connectivity index (χ4v) is 7.04. The molecule has 0 N–H and O–H groups in total. The van der Waals surface area contributed by atoms with Crippen molar-refractivity contribution in [2.45, 2.75) is 32.6 Å². The molecule has 0 amide bonds. The molecule has 2 heteroatoms. The number of rotatable bonds is 7. The van der Waals surface area contributed by atoms with Crippen molar-refractivity contribution in [3.8, 4) is 33.5 Å². The first-order valence-electron chi connectivity index (χ1n) is 16.5. The van der Waals surface area contributed by atoms with Gasteiger partial charge in [-0.2, -0.15) is 0 Å². The lowest BCUT2D eigenvalue weighted by atomic mass is 9.85. The lowest BCUT2D eigenvalue weighted by molar-refractivity contribution is 0.749. The third-order valence-corrected chi connectivity index (χ3v) is 9.34. The Bertz CT molecular complexity index is 2230. The van der Waals surface area contributed by atoms with Gasteiger partial charge in [0.1, 0.15) is 0 Å². The SMILES string of the molecule is CCCCC1=CC(c2cccc(-c3ccc4ccc(-c5c6ccccc6c(-c6ccccc6)c6ccccc56)cc4c3)n2)=NCC1. The molecule has 0 atom stereocenters. The number of dihydropyridines is 1. The minimum absolute atomic E-state index is 0.852. The van der Waals surface area contributed by atoms with E-state index >= 15 is 0 Å². The van der Waals surface area contributed by atoms with Crippen molar-refractivity contribution in [1.82, 2.24) is 4.98 Å². The van der Waals surface area contributed by atoms with Crippen molar-refractivity contribution in [3.05, 3.63) is 151 Å². The number of aromatic nitrogens is 1. The summed E-state index contributed by atoms with van der Waals surface area (Å²) in [6, 6.07) is 48.4. The Morgan fingerprint density at radius 3 is 1.85 bits per heavy atom. The Kier molecular flexibility index (Phi) is 7.48. The summed E-state index contributed by atoms with van der Waals surface area (Å²) in [5, 5.41) is 7.51. The van der Waals surface area contributed by atoms with Gasteiger partial charge in [-0.15, -0.1) is 0 Å². The van der Waals surface area contributed by atoms with Crippen LogP contribution in [0, 0.1) is 0 Å². The van der Waals surface area contributed by atoms with E-state index in [1.807, 2.05) is 0 Å². The van der Waals surface area contributed by atoms with Crippen LogP contribution in [-0.2, 0) is 0 Å². The lowest BCUT2D eigenvalue weighted by Crippen LogP contribution is -2.08. The first-order valence-corrected chi connectivity index (χ1v) is 16.5. The van der Waals surface area contributed by atoms with Crippen LogP contribution in [0.25, 0.3) is 65.8 Å². The molecule has 0 unspecified atom stereocenters. The minimum Gasteiger partial charge on any atom is -0.283 e. The number of hydrogen-bond donors (Lipinski definition) is 0. The van der Waals surface area contributed by atoms with Crippen molar-refractivity contribution in [1.29, 1.82) is 0 Å². The molecule has 46 heavy (non-hydrogen) atoms. The van der Waals surface area contributed by atoms with Crippen molar-refractivity contribution >= 4 is 38.0 Å². The van der Waals surface area contributed by atoms with E-state index < -0.39 is 0 Å². The largest absolute Gasteiger partial charge is 0.283 e. The van der Waals surface area contributed by atoms with Gasteiger partial charge in [0.2, 0.25) is 0 Å². The molecule has 0 bridgehead atoms. The second-order valence-electron chi connectivity index (χ2n) is 12.3. The van der Waals surface area contributed by atoms with E-state index in [0.29, 0.717) is 0 Å². The molecule has 7 aromatic rings. The van der Waals surface area contributed by atoms with E-state index in [9.17, 15) is 0 Å². The molecule has 0 aliphatic carbocycles. The molecule has 2 nitrogen and oxygen atoms in total. The monoisotopic (exact) mass is 592 g/mol. The molecule has 8 rings (SSSR count). The van der Waals surface area contributed by atoms with E-state index in [-0.39, 0.29) is 0 Å². The number of aliphatic imine (C=N–C) groups is 1. The number of hydrogen-bond acceptors (Lipinski definition) is 2. The van der Waals surface area contributed by atoms with Crippen LogP contribution in [0.15, 0.2) is 150 Å². The number of fused-ring (bicyclic) bond motifs is 3. The Hall–Kier alpha value is -5.34. The number of nitrogens with zero attached hydrogens (tertiary/aromatic N) is 2. The second-order valence-corrected chi connectivity index (χ2v) is 12.3. The maximum absolute atomic E-state index is 5.11. The van der Waals surface area contributed by atoms with Gasteiger partial charge in [0.05, 0.1) is 17.1 Å². The summed E-state index contributed by atoms with van der Waals surface area (Å²) in [4.78, 5) is 9.95. The van der Waals surface area contributed by atoms with Gasteiger partial charge in [0, 0.05) is 12.1 Å². The van der Waals surface area contributed by atoms with Gasteiger partial charge in [0.25, 0.3) is 0 Å². The molecule has 0 radical (unpaired) electrons. The summed E-state index contributed by atoms with van der Waals surface area (Å²) in [6.45, 7) is 3.10. The highest BCUT2D eigenvalue weighted by Crippen LogP contribution is 2.44. The van der Waals surface area contributed by atoms with Crippen molar-refractivity contribution < 1.29 is 0 Å². The van der Waals surface area contributed by atoms with E-state index in [4.69, 9.17) is 9.98 Å². The Labute approximate surface area is 270 Å². The zero-order chi connectivity index (χ0) is 30.9. The molecule has 0 saturated heterocycles. The summed E-state index contributed by atoms with van der Waals surface area (Å²) in [6.07, 6.45) is 6.94. The van der Waals surface area contributed by atoms with Crippen molar-refractivity contribution in [3.63, 3.8) is 0 Å². The highest BCUT2D eigenvalue weighted by molar-refractivity contribution is 6.21. The maximum Gasteiger partial charge on any atom is 0.0889 e. The number of pyridine rings is 1. The molecule has 6 aromatic carbocycles. The Morgan fingerprint density at radius 2 is 1.15 bits per heavy atom. The molecule has 0 fully saturated rings. The normalized spacial score (nSPS) is 13.2. The predicted octanol–water partition coefficient (Wildman–Crippen LogP) is 11.9. The molecular formula is C44H36N2. The third-order valence-electron chi connectivity index (χ3n) is 9.34. The first kappa shape index (κ1) is 28.2. The van der Waals surface area contributed by atoms with Gasteiger partial charge < -0.3 is 0 Å². The van der Waals surface area contributed by atoms with E-state index in [0.717, 1.165) is 42.0 Å². The minimum atomic E-state index is 0.852. The summed E-state index contributed by atoms with van der Waals surface area (Å²) in [5.41, 5.74) is 10.6. The van der Waals surface area contributed by atoms with Gasteiger partial charge in [-0.3, -0.25) is 4.99 Å². The predicted molar refractivity (Wildman–Crippen MR) is 197 cm³/mol. The molecular weight excluding hydrogens is 556 g/mol. The summed E-state index contributed by atoms with van der Waals surface area (Å²) >= 11 is 0. The average molecular weight is 593 g/mol. The fraction of sp³-hybridized carbons (Fsp3) is 0.136. The van der Waals surface area contributed by atoms with Crippen LogP contribution in [-0.4, -0.2) is 17.2 Å². The third kappa shape index (κ3) is 5.20. The second kappa shape index (κ2) is 12.2. The molecule has 1 aromatic heterocycles. The van der Waals surface area contributed by atoms with Gasteiger partial charge in [-0.1, -0.05) is 128 Å². The fourth-order valence-electron chi connectivity index (χ4n) is 7.04. The van der Waals surface area contributed by atoms with Gasteiger partial charge in [-0.05, 0) is 104 Å². The van der Waals surface area contributed by atoms with Crippen LogP contribution in [0.4, 0.5) is 0 Å². The van der Waals surface area contributed by atoms with Crippen LogP contribution in [0.1, 0.15) is 38.3 Å². The smallest absolute Gasteiger partial charge is 0.0889 e. The van der Waals surface area contributed by atoms with Crippen molar-refractivity contribution in [2.24, 2.45) is 4.99 Å². The van der Waals surface area contributed by atoms with E-state index in [2.05, 4.69) is 146 Å². The van der Waals surface area contributed by atoms with Gasteiger partial charge in [0.15, 0.2) is 0 Å². The summed E-state index contributed by atoms with van der Waals surface area (Å²) < 4.78 is 0. The number of benzene rings is 6. The summed E-state index contributed by atoms with van der Waals surface area (Å²) in [7, 11) is 0. The number of unbranched alkanes of at least 4 members (excludes halogenated alkanes) is 1.